The van der Waals surface area contributed by atoms with Crippen LogP contribution in [0.3, 0.4) is 0 Å². The number of rotatable bonds is 5. The molecule has 1 aliphatic heterocycles. The zero-order valence-corrected chi connectivity index (χ0v) is 15.9. The highest BCUT2D eigenvalue weighted by atomic mass is 32.2. The highest BCUT2D eigenvalue weighted by Gasteiger charge is 2.32. The maximum atomic E-state index is 13.1. The van der Waals surface area contributed by atoms with E-state index in [1.165, 1.54) is 12.1 Å². The Morgan fingerprint density at radius 1 is 1.36 bits per heavy atom. The summed E-state index contributed by atoms with van der Waals surface area (Å²) in [6.07, 6.45) is 0.640. The molecule has 2 aromatic rings. The molecule has 1 aliphatic rings. The van der Waals surface area contributed by atoms with Crippen LogP contribution >= 0.6 is 12.2 Å². The van der Waals surface area contributed by atoms with Crippen molar-refractivity contribution in [3.63, 3.8) is 0 Å². The van der Waals surface area contributed by atoms with E-state index < -0.39 is 9.84 Å². The zero-order chi connectivity index (χ0) is 18.2. The number of benzene rings is 1. The summed E-state index contributed by atoms with van der Waals surface area (Å²) in [5.74, 6) is 0.776. The van der Waals surface area contributed by atoms with Gasteiger partial charge in [0.15, 0.2) is 20.4 Å². The zero-order valence-electron chi connectivity index (χ0n) is 14.2. The first-order chi connectivity index (χ1) is 11.8. The monoisotopic (exact) mass is 384 g/mol. The Balaban J connectivity index is 1.86. The van der Waals surface area contributed by atoms with E-state index in [-0.39, 0.29) is 23.4 Å². The Labute approximate surface area is 151 Å². The van der Waals surface area contributed by atoms with Gasteiger partial charge in [0.1, 0.15) is 5.82 Å². The lowest BCUT2D eigenvalue weighted by Crippen LogP contribution is -2.37. The summed E-state index contributed by atoms with van der Waals surface area (Å²) >= 11 is 5.47. The molecule has 0 unspecified atom stereocenters. The molecule has 0 radical (unpaired) electrons. The van der Waals surface area contributed by atoms with Crippen molar-refractivity contribution in [3.05, 3.63) is 34.9 Å². The Kier molecular flexibility index (Phi) is 5.08. The molecule has 1 fully saturated rings. The van der Waals surface area contributed by atoms with Crippen LogP contribution in [0.5, 0.6) is 0 Å². The van der Waals surface area contributed by atoms with Crippen LogP contribution in [0.25, 0.3) is 11.4 Å². The molecule has 25 heavy (non-hydrogen) atoms. The first-order valence-corrected chi connectivity index (χ1v) is 10.4. The Morgan fingerprint density at radius 3 is 2.60 bits per heavy atom. The number of aromatic nitrogens is 3. The lowest BCUT2D eigenvalue weighted by Gasteiger charge is -2.25. The normalized spacial score (nSPS) is 19.6. The van der Waals surface area contributed by atoms with Gasteiger partial charge in [0.25, 0.3) is 0 Å². The van der Waals surface area contributed by atoms with E-state index in [9.17, 15) is 12.8 Å². The van der Waals surface area contributed by atoms with Crippen LogP contribution in [0.15, 0.2) is 24.3 Å². The minimum atomic E-state index is -2.94. The van der Waals surface area contributed by atoms with Crippen molar-refractivity contribution in [3.8, 4) is 11.4 Å². The second-order valence-corrected chi connectivity index (χ2v) is 8.87. The van der Waals surface area contributed by atoms with Crippen molar-refractivity contribution in [1.82, 2.24) is 19.2 Å². The van der Waals surface area contributed by atoms with Crippen LogP contribution in [-0.4, -0.2) is 51.8 Å². The first-order valence-electron chi connectivity index (χ1n) is 8.15. The maximum Gasteiger partial charge on any atom is 0.199 e. The molecule has 6 nitrogen and oxygen atoms in total. The Bertz CT molecular complexity index is 919. The van der Waals surface area contributed by atoms with Crippen molar-refractivity contribution < 1.29 is 12.8 Å². The van der Waals surface area contributed by atoms with Crippen molar-refractivity contribution in [2.45, 2.75) is 26.1 Å². The van der Waals surface area contributed by atoms with Crippen molar-refractivity contribution in [2.75, 3.05) is 18.1 Å². The lowest BCUT2D eigenvalue weighted by atomic mass is 10.2. The second kappa shape index (κ2) is 6.97. The van der Waals surface area contributed by atoms with Crippen LogP contribution in [-0.2, 0) is 23.6 Å². The maximum absolute atomic E-state index is 13.1. The first kappa shape index (κ1) is 18.2. The van der Waals surface area contributed by atoms with Gasteiger partial charge in [-0.15, -0.1) is 0 Å². The molecule has 1 atom stereocenters. The molecule has 1 saturated heterocycles. The average Bonchev–Trinajstić information content (AvgIpc) is 3.07. The third kappa shape index (κ3) is 3.83. The predicted octanol–water partition coefficient (Wildman–Crippen LogP) is 2.22. The molecule has 0 aliphatic carbocycles. The van der Waals surface area contributed by atoms with Crippen LogP contribution in [0, 0.1) is 10.6 Å². The van der Waals surface area contributed by atoms with Gasteiger partial charge >= 0.3 is 0 Å². The molecule has 0 amide bonds. The second-order valence-electron chi connectivity index (χ2n) is 6.27. The van der Waals surface area contributed by atoms with Crippen LogP contribution in [0.1, 0.15) is 13.3 Å². The molecular weight excluding hydrogens is 363 g/mol. The van der Waals surface area contributed by atoms with Gasteiger partial charge in [-0.1, -0.05) is 6.92 Å². The van der Waals surface area contributed by atoms with E-state index >= 15 is 0 Å². The fourth-order valence-electron chi connectivity index (χ4n) is 3.14. The summed E-state index contributed by atoms with van der Waals surface area (Å²) in [4.78, 5) is 2.09. The van der Waals surface area contributed by atoms with E-state index in [0.717, 1.165) is 5.56 Å². The third-order valence-electron chi connectivity index (χ3n) is 4.59. The average molecular weight is 385 g/mol. The molecule has 0 N–H and O–H groups in total. The summed E-state index contributed by atoms with van der Waals surface area (Å²) in [5.41, 5.74) is 0.778. The highest BCUT2D eigenvalue weighted by Crippen LogP contribution is 2.21. The standard InChI is InChI=1S/C16H21FN4O2S2/c1-3-20(14-8-9-25(22,23)10-14)11-21-16(24)19(2)15(18-21)12-4-6-13(17)7-5-12/h4-7,14H,3,8-11H2,1-2H3/t14-/m0/s1. The Morgan fingerprint density at radius 2 is 2.04 bits per heavy atom. The molecule has 2 heterocycles. The number of halogens is 1. The number of nitrogens with zero attached hydrogens (tertiary/aromatic N) is 4. The van der Waals surface area contributed by atoms with Crippen molar-refractivity contribution in [1.29, 1.82) is 0 Å². The molecule has 1 aromatic heterocycles. The van der Waals surface area contributed by atoms with E-state index in [1.807, 2.05) is 14.0 Å². The number of hydrogen-bond donors (Lipinski definition) is 0. The van der Waals surface area contributed by atoms with Gasteiger partial charge in [-0.25, -0.2) is 17.5 Å². The summed E-state index contributed by atoms with van der Waals surface area (Å²) in [5, 5.41) is 4.57. The van der Waals surface area contributed by atoms with Crippen LogP contribution in [0.2, 0.25) is 0 Å². The van der Waals surface area contributed by atoms with E-state index in [0.29, 0.717) is 30.2 Å². The van der Waals surface area contributed by atoms with Gasteiger partial charge in [0.05, 0.1) is 18.2 Å². The largest absolute Gasteiger partial charge is 0.303 e. The quantitative estimate of drug-likeness (QED) is 0.740. The predicted molar refractivity (Wildman–Crippen MR) is 96.9 cm³/mol. The van der Waals surface area contributed by atoms with Gasteiger partial charge in [-0.2, -0.15) is 5.10 Å². The fourth-order valence-corrected chi connectivity index (χ4v) is 5.09. The van der Waals surface area contributed by atoms with E-state index in [2.05, 4.69) is 10.00 Å². The topological polar surface area (TPSA) is 60.1 Å². The molecule has 0 saturated carbocycles. The summed E-state index contributed by atoms with van der Waals surface area (Å²) in [7, 11) is -1.12. The lowest BCUT2D eigenvalue weighted by molar-refractivity contribution is 0.164. The van der Waals surface area contributed by atoms with Gasteiger partial charge < -0.3 is 4.57 Å². The minimum Gasteiger partial charge on any atom is -0.303 e. The number of hydrogen-bond acceptors (Lipinski definition) is 5. The summed E-state index contributed by atoms with van der Waals surface area (Å²) in [6, 6.07) is 6.10. The molecule has 136 valence electrons. The van der Waals surface area contributed by atoms with E-state index in [4.69, 9.17) is 12.2 Å². The van der Waals surface area contributed by atoms with E-state index in [1.54, 1.807) is 21.4 Å². The summed E-state index contributed by atoms with van der Waals surface area (Å²) < 4.78 is 40.6. The molecule has 0 bridgehead atoms. The third-order valence-corrected chi connectivity index (χ3v) is 6.82. The molecule has 9 heteroatoms. The van der Waals surface area contributed by atoms with Gasteiger partial charge in [-0.3, -0.25) is 4.90 Å². The van der Waals surface area contributed by atoms with Gasteiger partial charge in [0, 0.05) is 18.7 Å². The molecule has 3 rings (SSSR count). The van der Waals surface area contributed by atoms with Gasteiger partial charge in [-0.05, 0) is 49.4 Å². The SMILES string of the molecule is CCN(Cn1nc(-c2ccc(F)cc2)n(C)c1=S)[C@H]1CCS(=O)(=O)C1. The number of sulfone groups is 1. The minimum absolute atomic E-state index is 0.00632. The molecule has 0 spiro atoms. The van der Waals surface area contributed by atoms with Crippen molar-refractivity contribution >= 4 is 22.1 Å². The van der Waals surface area contributed by atoms with Crippen LogP contribution in [0.4, 0.5) is 4.39 Å². The molecular formula is C16H21FN4O2S2. The summed E-state index contributed by atoms with van der Waals surface area (Å²) in [6.45, 7) is 3.15. The highest BCUT2D eigenvalue weighted by molar-refractivity contribution is 7.91. The van der Waals surface area contributed by atoms with Crippen molar-refractivity contribution in [2.24, 2.45) is 7.05 Å². The smallest absolute Gasteiger partial charge is 0.199 e. The molecule has 1 aromatic carbocycles. The van der Waals surface area contributed by atoms with Gasteiger partial charge in [0.2, 0.25) is 0 Å². The Hall–Kier alpha value is -1.58. The van der Waals surface area contributed by atoms with Crippen LogP contribution < -0.4 is 0 Å². The fraction of sp³-hybridized carbons (Fsp3) is 0.500.